The number of carbonyl (C=O) groups is 1. The molecule has 6 nitrogen and oxygen atoms in total. The smallest absolute Gasteiger partial charge is 0.226 e. The molecular formula is C33H30ClN5OS. The molecule has 206 valence electrons. The normalized spacial score (nSPS) is 16.7. The Bertz CT molecular complexity index is 1750. The second-order valence-electron chi connectivity index (χ2n) is 10.3. The summed E-state index contributed by atoms with van der Waals surface area (Å²) in [6.07, 6.45) is 2.07. The van der Waals surface area contributed by atoms with Crippen molar-refractivity contribution in [2.24, 2.45) is 0 Å². The van der Waals surface area contributed by atoms with Gasteiger partial charge in [-0.05, 0) is 73.4 Å². The fourth-order valence-electron chi connectivity index (χ4n) is 5.84. The minimum Gasteiger partial charge on any atom is -0.352 e. The van der Waals surface area contributed by atoms with Crippen molar-refractivity contribution in [3.63, 3.8) is 0 Å². The summed E-state index contributed by atoms with van der Waals surface area (Å²) in [6, 6.07) is 29.6. The lowest BCUT2D eigenvalue weighted by Crippen LogP contribution is -2.33. The van der Waals surface area contributed by atoms with E-state index in [1.54, 1.807) is 6.20 Å². The van der Waals surface area contributed by atoms with Crippen LogP contribution in [0.5, 0.6) is 0 Å². The fourth-order valence-corrected chi connectivity index (χ4v) is 6.40. The molecule has 0 unspecified atom stereocenters. The van der Waals surface area contributed by atoms with E-state index in [1.807, 2.05) is 84.9 Å². The van der Waals surface area contributed by atoms with Crippen LogP contribution in [-0.4, -0.2) is 32.0 Å². The first-order valence-corrected chi connectivity index (χ1v) is 14.4. The predicted octanol–water partition coefficient (Wildman–Crippen LogP) is 7.30. The van der Waals surface area contributed by atoms with Crippen molar-refractivity contribution >= 4 is 51.3 Å². The Balaban J connectivity index is 1.32. The van der Waals surface area contributed by atoms with Gasteiger partial charge >= 0.3 is 0 Å². The number of rotatable bonds is 7. The van der Waals surface area contributed by atoms with Gasteiger partial charge in [0, 0.05) is 41.6 Å². The molecule has 3 aromatic carbocycles. The average molecular weight is 580 g/mol. The summed E-state index contributed by atoms with van der Waals surface area (Å²) in [5, 5.41) is 10.0. The molecule has 8 heteroatoms. The molecule has 1 fully saturated rings. The number of benzene rings is 3. The van der Waals surface area contributed by atoms with Crippen molar-refractivity contribution in [3.8, 4) is 5.69 Å². The zero-order chi connectivity index (χ0) is 28.5. The Morgan fingerprint density at radius 3 is 2.56 bits per heavy atom. The monoisotopic (exact) mass is 579 g/mol. The number of amides is 1. The average Bonchev–Trinajstić information content (AvgIpc) is 3.47. The van der Waals surface area contributed by atoms with Crippen LogP contribution in [0, 0.1) is 13.8 Å². The van der Waals surface area contributed by atoms with Crippen LogP contribution >= 0.6 is 23.8 Å². The number of carbonyl (C=O) groups excluding carboxylic acids is 1. The highest BCUT2D eigenvalue weighted by Gasteiger charge is 2.41. The molecule has 1 aliphatic heterocycles. The van der Waals surface area contributed by atoms with Gasteiger partial charge in [-0.1, -0.05) is 66.2 Å². The molecule has 1 saturated heterocycles. The maximum atomic E-state index is 13.2. The van der Waals surface area contributed by atoms with Crippen LogP contribution in [0.2, 0.25) is 5.02 Å². The molecule has 2 aromatic heterocycles. The molecule has 0 saturated carbocycles. The number of aromatic nitrogens is 2. The Hall–Kier alpha value is -4.20. The van der Waals surface area contributed by atoms with E-state index >= 15 is 0 Å². The van der Waals surface area contributed by atoms with E-state index in [0.29, 0.717) is 16.7 Å². The van der Waals surface area contributed by atoms with Gasteiger partial charge in [-0.15, -0.1) is 0 Å². The van der Waals surface area contributed by atoms with Crippen molar-refractivity contribution in [1.29, 1.82) is 0 Å². The van der Waals surface area contributed by atoms with Gasteiger partial charge in [0.2, 0.25) is 5.91 Å². The number of pyridine rings is 1. The van der Waals surface area contributed by atoms with Gasteiger partial charge in [0.05, 0.1) is 28.5 Å². The Morgan fingerprint density at radius 1 is 1.00 bits per heavy atom. The van der Waals surface area contributed by atoms with Crippen LogP contribution in [0.25, 0.3) is 16.5 Å². The largest absolute Gasteiger partial charge is 0.352 e. The lowest BCUT2D eigenvalue weighted by atomic mass is 9.96. The molecular weight excluding hydrogens is 550 g/mol. The molecule has 1 amide bonds. The highest BCUT2D eigenvalue weighted by molar-refractivity contribution is 7.80. The molecule has 3 heterocycles. The quantitative estimate of drug-likeness (QED) is 0.198. The number of hydrogen-bond acceptors (Lipinski definition) is 3. The van der Waals surface area contributed by atoms with E-state index in [-0.39, 0.29) is 24.4 Å². The first kappa shape index (κ1) is 27.0. The van der Waals surface area contributed by atoms with Crippen molar-refractivity contribution < 1.29 is 4.79 Å². The molecule has 1 aliphatic rings. The second-order valence-corrected chi connectivity index (χ2v) is 11.1. The summed E-state index contributed by atoms with van der Waals surface area (Å²) in [5.41, 5.74) is 5.88. The molecule has 5 aromatic rings. The zero-order valence-corrected chi connectivity index (χ0v) is 24.4. The highest BCUT2D eigenvalue weighted by Crippen LogP contribution is 2.42. The van der Waals surface area contributed by atoms with E-state index in [0.717, 1.165) is 44.8 Å². The van der Waals surface area contributed by atoms with Crippen molar-refractivity contribution in [1.82, 2.24) is 19.8 Å². The number of aryl methyl sites for hydroxylation is 1. The van der Waals surface area contributed by atoms with Gasteiger partial charge < -0.3 is 20.1 Å². The SMILES string of the molecule is Cc1cc([C@H]2[C@H](c3ccccn3)NC(=S)N2CCC(=O)Nc2cccc3ccccc23)c(C)n1-c1ccccc1Cl. The number of fused-ring (bicyclic) bond motifs is 1. The summed E-state index contributed by atoms with van der Waals surface area (Å²) in [7, 11) is 0. The standard InChI is InChI=1S/C33H30ClN5OS/c1-21-20-25(22(2)39(21)29-16-6-5-13-26(29)34)32-31(28-14-7-8-18-35-28)37-33(41)38(32)19-17-30(40)36-27-15-9-11-23-10-3-4-12-24(23)27/h3-16,18,20,31-32H,17,19H2,1-2H3,(H,36,40)(H,37,41)/t31-,32-/m0/s1. The van der Waals surface area contributed by atoms with Gasteiger partial charge in [0.15, 0.2) is 5.11 Å². The topological polar surface area (TPSA) is 62.2 Å². The molecule has 0 radical (unpaired) electrons. The summed E-state index contributed by atoms with van der Waals surface area (Å²) in [5.74, 6) is -0.0641. The van der Waals surface area contributed by atoms with Crippen molar-refractivity contribution in [3.05, 3.63) is 125 Å². The van der Waals surface area contributed by atoms with Gasteiger partial charge in [-0.3, -0.25) is 9.78 Å². The third-order valence-corrected chi connectivity index (χ3v) is 8.40. The predicted molar refractivity (Wildman–Crippen MR) is 170 cm³/mol. The Kier molecular flexibility index (Phi) is 7.47. The van der Waals surface area contributed by atoms with E-state index in [9.17, 15) is 4.79 Å². The number of para-hydroxylation sites is 1. The Morgan fingerprint density at radius 2 is 1.76 bits per heavy atom. The third kappa shape index (κ3) is 5.19. The number of thiocarbonyl (C=S) groups is 1. The van der Waals surface area contributed by atoms with Crippen LogP contribution in [-0.2, 0) is 4.79 Å². The van der Waals surface area contributed by atoms with Gasteiger partial charge in [0.25, 0.3) is 0 Å². The number of hydrogen-bond donors (Lipinski definition) is 2. The van der Waals surface area contributed by atoms with Crippen LogP contribution < -0.4 is 10.6 Å². The van der Waals surface area contributed by atoms with E-state index < -0.39 is 0 Å². The first-order valence-electron chi connectivity index (χ1n) is 13.6. The fraction of sp³-hybridized carbons (Fsp3) is 0.182. The molecule has 0 bridgehead atoms. The van der Waals surface area contributed by atoms with Crippen LogP contribution in [0.15, 0.2) is 97.2 Å². The highest BCUT2D eigenvalue weighted by atomic mass is 35.5. The lowest BCUT2D eigenvalue weighted by molar-refractivity contribution is -0.116. The van der Waals surface area contributed by atoms with Crippen LogP contribution in [0.1, 0.15) is 41.1 Å². The molecule has 0 aliphatic carbocycles. The zero-order valence-electron chi connectivity index (χ0n) is 22.8. The third-order valence-electron chi connectivity index (χ3n) is 7.72. The molecule has 0 spiro atoms. The van der Waals surface area contributed by atoms with E-state index in [1.165, 1.54) is 0 Å². The maximum absolute atomic E-state index is 13.2. The molecule has 6 rings (SSSR count). The van der Waals surface area contributed by atoms with Gasteiger partial charge in [-0.2, -0.15) is 0 Å². The number of nitrogens with one attached hydrogen (secondary N) is 2. The number of nitrogens with zero attached hydrogens (tertiary/aromatic N) is 3. The summed E-state index contributed by atoms with van der Waals surface area (Å²) in [6.45, 7) is 4.64. The van der Waals surface area contributed by atoms with Gasteiger partial charge in [0.1, 0.15) is 0 Å². The molecule has 2 N–H and O–H groups in total. The number of halogens is 1. The maximum Gasteiger partial charge on any atom is 0.226 e. The summed E-state index contributed by atoms with van der Waals surface area (Å²) in [4.78, 5) is 20.0. The van der Waals surface area contributed by atoms with Crippen molar-refractivity contribution in [2.75, 3.05) is 11.9 Å². The van der Waals surface area contributed by atoms with E-state index in [2.05, 4.69) is 45.0 Å². The first-order chi connectivity index (χ1) is 19.9. The second kappa shape index (κ2) is 11.4. The van der Waals surface area contributed by atoms with Crippen molar-refractivity contribution in [2.45, 2.75) is 32.4 Å². The molecule has 2 atom stereocenters. The van der Waals surface area contributed by atoms with Crippen LogP contribution in [0.4, 0.5) is 5.69 Å². The lowest BCUT2D eigenvalue weighted by Gasteiger charge is -2.28. The molecule has 41 heavy (non-hydrogen) atoms. The van der Waals surface area contributed by atoms with Gasteiger partial charge in [-0.25, -0.2) is 0 Å². The Labute approximate surface area is 250 Å². The minimum absolute atomic E-state index is 0.0641. The summed E-state index contributed by atoms with van der Waals surface area (Å²) < 4.78 is 2.18. The number of anilines is 1. The minimum atomic E-state index is -0.176. The van der Waals surface area contributed by atoms with E-state index in [4.69, 9.17) is 23.8 Å². The summed E-state index contributed by atoms with van der Waals surface area (Å²) >= 11 is 12.5. The van der Waals surface area contributed by atoms with Crippen LogP contribution in [0.3, 0.4) is 0 Å².